The molecule has 0 radical (unpaired) electrons. The molecule has 7 heteroatoms. The van der Waals surface area contributed by atoms with E-state index in [2.05, 4.69) is 20.6 Å². The summed E-state index contributed by atoms with van der Waals surface area (Å²) < 4.78 is 16.2. The molecular weight excluding hydrogens is 308 g/mol. The van der Waals surface area contributed by atoms with Gasteiger partial charge in [0.05, 0.1) is 0 Å². The predicted molar refractivity (Wildman–Crippen MR) is 92.5 cm³/mol. The zero-order valence-electron chi connectivity index (χ0n) is 14.0. The summed E-state index contributed by atoms with van der Waals surface area (Å²) in [6.07, 6.45) is 0.921. The first-order valence-corrected chi connectivity index (χ1v) is 8.00. The van der Waals surface area contributed by atoms with Crippen LogP contribution in [0.5, 0.6) is 11.5 Å². The van der Waals surface area contributed by atoms with Crippen molar-refractivity contribution in [3.8, 4) is 11.5 Å². The summed E-state index contributed by atoms with van der Waals surface area (Å²) in [5, 5.41) is 6.49. The molecule has 0 atom stereocenters. The molecule has 24 heavy (non-hydrogen) atoms. The van der Waals surface area contributed by atoms with Crippen molar-refractivity contribution >= 4 is 17.5 Å². The van der Waals surface area contributed by atoms with E-state index < -0.39 is 0 Å². The molecule has 0 aliphatic carbocycles. The Hall–Kier alpha value is -2.54. The molecule has 7 nitrogen and oxygen atoms in total. The molecule has 3 rings (SSSR count). The molecule has 2 heterocycles. The van der Waals surface area contributed by atoms with Crippen LogP contribution in [0.15, 0.2) is 24.3 Å². The van der Waals surface area contributed by atoms with Gasteiger partial charge < -0.3 is 24.8 Å². The van der Waals surface area contributed by atoms with Crippen LogP contribution in [-0.4, -0.2) is 43.4 Å². The predicted octanol–water partition coefficient (Wildman–Crippen LogP) is 2.75. The van der Waals surface area contributed by atoms with Crippen molar-refractivity contribution in [3.63, 3.8) is 0 Å². The maximum absolute atomic E-state index is 5.60. The summed E-state index contributed by atoms with van der Waals surface area (Å²) in [4.78, 5) is 8.92. The van der Waals surface area contributed by atoms with E-state index in [1.54, 1.807) is 7.11 Å². The Bertz CT molecular complexity index is 694. The number of nitrogens with zero attached hydrogens (tertiary/aromatic N) is 2. The lowest BCUT2D eigenvalue weighted by Gasteiger charge is -2.19. The third-order valence-corrected chi connectivity index (χ3v) is 3.48. The van der Waals surface area contributed by atoms with E-state index in [-0.39, 0.29) is 0 Å². The Kier molecular flexibility index (Phi) is 5.32. The highest BCUT2D eigenvalue weighted by molar-refractivity contribution is 5.61. The standard InChI is InChI=1S/C17H22N4O3/c1-12-10-16(18-6-3-7-22-2)21-17(19-12)20-13-4-5-14-15(11-13)24-9-8-23-14/h4-5,10-11H,3,6-9H2,1-2H3,(H2,18,19,20,21). The molecule has 1 aliphatic heterocycles. The van der Waals surface area contributed by atoms with Crippen molar-refractivity contribution in [2.45, 2.75) is 13.3 Å². The van der Waals surface area contributed by atoms with Gasteiger partial charge in [-0.15, -0.1) is 0 Å². The maximum atomic E-state index is 5.60. The first kappa shape index (κ1) is 16.3. The summed E-state index contributed by atoms with van der Waals surface area (Å²) in [7, 11) is 1.70. The number of anilines is 3. The lowest BCUT2D eigenvalue weighted by Crippen LogP contribution is -2.15. The van der Waals surface area contributed by atoms with Gasteiger partial charge >= 0.3 is 0 Å². The van der Waals surface area contributed by atoms with E-state index in [0.717, 1.165) is 48.3 Å². The SMILES string of the molecule is COCCCNc1cc(C)nc(Nc2ccc3c(c2)OCCO3)n1. The van der Waals surface area contributed by atoms with Crippen LogP contribution in [0.2, 0.25) is 0 Å². The van der Waals surface area contributed by atoms with Crippen LogP contribution >= 0.6 is 0 Å². The third-order valence-electron chi connectivity index (χ3n) is 3.48. The zero-order valence-corrected chi connectivity index (χ0v) is 14.0. The zero-order chi connectivity index (χ0) is 16.8. The molecule has 0 amide bonds. The topological polar surface area (TPSA) is 77.5 Å². The lowest BCUT2D eigenvalue weighted by atomic mass is 10.2. The van der Waals surface area contributed by atoms with Gasteiger partial charge in [-0.2, -0.15) is 4.98 Å². The van der Waals surface area contributed by atoms with E-state index in [4.69, 9.17) is 14.2 Å². The van der Waals surface area contributed by atoms with Gasteiger partial charge in [-0.1, -0.05) is 0 Å². The third kappa shape index (κ3) is 4.26. The number of fused-ring (bicyclic) bond motifs is 1. The minimum atomic E-state index is 0.543. The van der Waals surface area contributed by atoms with E-state index in [0.29, 0.717) is 19.2 Å². The van der Waals surface area contributed by atoms with Crippen molar-refractivity contribution in [3.05, 3.63) is 30.0 Å². The highest BCUT2D eigenvalue weighted by Crippen LogP contribution is 2.33. The second-order valence-corrected chi connectivity index (χ2v) is 5.47. The van der Waals surface area contributed by atoms with Gasteiger partial charge in [-0.25, -0.2) is 4.98 Å². The monoisotopic (exact) mass is 330 g/mol. The van der Waals surface area contributed by atoms with Gasteiger partial charge in [-0.3, -0.25) is 0 Å². The summed E-state index contributed by atoms with van der Waals surface area (Å²) in [5.41, 5.74) is 1.74. The highest BCUT2D eigenvalue weighted by Gasteiger charge is 2.12. The quantitative estimate of drug-likeness (QED) is 0.756. The number of aromatic nitrogens is 2. The summed E-state index contributed by atoms with van der Waals surface area (Å²) in [5.74, 6) is 2.83. The lowest BCUT2D eigenvalue weighted by molar-refractivity contribution is 0.171. The number of methoxy groups -OCH3 is 1. The fraction of sp³-hybridized carbons (Fsp3) is 0.412. The smallest absolute Gasteiger partial charge is 0.229 e. The summed E-state index contributed by atoms with van der Waals surface area (Å²) >= 11 is 0. The Labute approximate surface area is 141 Å². The van der Waals surface area contributed by atoms with E-state index in [1.165, 1.54) is 0 Å². The van der Waals surface area contributed by atoms with Gasteiger partial charge in [-0.05, 0) is 25.5 Å². The van der Waals surface area contributed by atoms with E-state index in [9.17, 15) is 0 Å². The highest BCUT2D eigenvalue weighted by atomic mass is 16.6. The molecule has 0 spiro atoms. The first-order chi connectivity index (χ1) is 11.7. The Balaban J connectivity index is 1.69. The van der Waals surface area contributed by atoms with Gasteiger partial charge in [0, 0.05) is 43.8 Å². The van der Waals surface area contributed by atoms with Crippen LogP contribution in [0.4, 0.5) is 17.5 Å². The fourth-order valence-electron chi connectivity index (χ4n) is 2.40. The van der Waals surface area contributed by atoms with Crippen molar-refractivity contribution in [2.75, 3.05) is 44.1 Å². The molecule has 128 valence electrons. The number of rotatable bonds is 7. The minimum absolute atomic E-state index is 0.543. The summed E-state index contributed by atoms with van der Waals surface area (Å²) in [6.45, 7) is 4.61. The van der Waals surface area contributed by atoms with Crippen LogP contribution in [0.25, 0.3) is 0 Å². The van der Waals surface area contributed by atoms with Crippen LogP contribution < -0.4 is 20.1 Å². The molecule has 1 aromatic heterocycles. The second kappa shape index (κ2) is 7.83. The molecule has 0 fully saturated rings. The molecule has 1 aliphatic rings. The largest absolute Gasteiger partial charge is 0.486 e. The Morgan fingerprint density at radius 3 is 2.79 bits per heavy atom. The van der Waals surface area contributed by atoms with Crippen molar-refractivity contribution < 1.29 is 14.2 Å². The number of benzene rings is 1. The number of hydrogen-bond donors (Lipinski definition) is 2. The fourth-order valence-corrected chi connectivity index (χ4v) is 2.40. The van der Waals surface area contributed by atoms with Gasteiger partial charge in [0.2, 0.25) is 5.95 Å². The molecule has 0 bridgehead atoms. The molecule has 2 N–H and O–H groups in total. The van der Waals surface area contributed by atoms with Gasteiger partial charge in [0.15, 0.2) is 11.5 Å². The first-order valence-electron chi connectivity index (χ1n) is 8.00. The maximum Gasteiger partial charge on any atom is 0.229 e. The Morgan fingerprint density at radius 2 is 1.96 bits per heavy atom. The number of nitrogens with one attached hydrogen (secondary N) is 2. The average molecular weight is 330 g/mol. The minimum Gasteiger partial charge on any atom is -0.486 e. The van der Waals surface area contributed by atoms with Crippen molar-refractivity contribution in [1.82, 2.24) is 9.97 Å². The van der Waals surface area contributed by atoms with Crippen molar-refractivity contribution in [1.29, 1.82) is 0 Å². The molecule has 0 saturated heterocycles. The van der Waals surface area contributed by atoms with Crippen LogP contribution in [0, 0.1) is 6.92 Å². The average Bonchev–Trinajstić information content (AvgIpc) is 2.58. The summed E-state index contributed by atoms with van der Waals surface area (Å²) in [6, 6.07) is 7.62. The van der Waals surface area contributed by atoms with Crippen LogP contribution in [0.3, 0.4) is 0 Å². The molecular formula is C17H22N4O3. The number of hydrogen-bond acceptors (Lipinski definition) is 7. The Morgan fingerprint density at radius 1 is 1.12 bits per heavy atom. The molecule has 0 unspecified atom stereocenters. The van der Waals surface area contributed by atoms with Crippen LogP contribution in [-0.2, 0) is 4.74 Å². The van der Waals surface area contributed by atoms with Gasteiger partial charge in [0.1, 0.15) is 19.0 Å². The molecule has 1 aromatic carbocycles. The number of ether oxygens (including phenoxy) is 3. The van der Waals surface area contributed by atoms with Crippen molar-refractivity contribution in [2.24, 2.45) is 0 Å². The molecule has 0 saturated carbocycles. The van der Waals surface area contributed by atoms with E-state index in [1.807, 2.05) is 31.2 Å². The van der Waals surface area contributed by atoms with Crippen LogP contribution in [0.1, 0.15) is 12.1 Å². The normalized spacial score (nSPS) is 12.8. The number of aryl methyl sites for hydroxylation is 1. The van der Waals surface area contributed by atoms with E-state index >= 15 is 0 Å². The van der Waals surface area contributed by atoms with Gasteiger partial charge in [0.25, 0.3) is 0 Å². The second-order valence-electron chi connectivity index (χ2n) is 5.47. The molecule has 2 aromatic rings.